The monoisotopic (exact) mass is 1550 g/mol. The predicted octanol–water partition coefficient (Wildman–Crippen LogP) is 14.4. The zero-order valence-corrected chi connectivity index (χ0v) is 67.3. The van der Waals surface area contributed by atoms with E-state index < -0.39 is 0 Å². The van der Waals surface area contributed by atoms with Crippen LogP contribution in [0.1, 0.15) is 193 Å². The molecule has 0 spiro atoms. The number of piperazine rings is 2. The van der Waals surface area contributed by atoms with Crippen LogP contribution in [0.15, 0.2) is 208 Å². The van der Waals surface area contributed by atoms with E-state index in [4.69, 9.17) is 19.9 Å². The van der Waals surface area contributed by atoms with Crippen LogP contribution in [-0.4, -0.2) is 147 Å². The number of nitrogens with zero attached hydrogens (tertiary/aromatic N) is 19. The fourth-order valence-electron chi connectivity index (χ4n) is 17.8. The highest BCUT2D eigenvalue weighted by molar-refractivity contribution is 5.95. The summed E-state index contributed by atoms with van der Waals surface area (Å²) in [4.78, 5) is 75.7. The summed E-state index contributed by atoms with van der Waals surface area (Å²) < 4.78 is 10.4. The van der Waals surface area contributed by atoms with Crippen molar-refractivity contribution in [2.75, 3.05) is 63.2 Å². The van der Waals surface area contributed by atoms with E-state index in [0.29, 0.717) is 19.6 Å². The highest BCUT2D eigenvalue weighted by atomic mass is 16.2. The molecule has 0 aromatic carbocycles. The molecule has 4 N–H and O–H groups in total. The number of hydrogen-bond acceptors (Lipinski definition) is 18. The van der Waals surface area contributed by atoms with Crippen LogP contribution in [0.3, 0.4) is 0 Å². The van der Waals surface area contributed by atoms with E-state index in [9.17, 15) is 9.59 Å². The van der Waals surface area contributed by atoms with Gasteiger partial charge in [-0.3, -0.25) is 66.6 Å². The standard InChI is InChI=1S/2C23H28N6O.C23H23N5.C22H24N6/c1-16-6-5-11-24-23(16)18-8-3-7-17(25-18)19-14-29-20(26-19)9-4-10-21(29)28-13-12-27(2)22(30)15-28;1-16-6-5-11-24-23(16)18-8-3-7-17(25-18)19-14-29-20(26-19)9-4-10-21(29)28-13-12-27(2)15-22(28)30;1-16-8-7-14-25-21(16)17-10-6-11-18(26-17)22-23(19-9-2-4-13-24-19)28-15-5-3-12-20(28)27-22;1-15-6-5-12-23-22(15)17-8-3-7-16(25-17)18-14-28-20(9-4-10-21(28)26-18)19-11-13-24-27(19)2/h2*4-6,9-11,14,17-18,25H,3,7-8,12-13,15H2,1-2H3;2-5,7-9,12-15,17-18,26H,6,10-11H2,1H3;4-6,9-14,16-17,25H,3,7-8H2,1-2H3/t3*17-,18+;16-,17+/m1101/s1. The average Bonchev–Trinajstić information content (AvgIpc) is 1.66. The number of carbonyl (C=O) groups excluding carboxylic acids is 2. The maximum absolute atomic E-state index is 12.6. The van der Waals surface area contributed by atoms with Crippen LogP contribution in [-0.2, 0) is 16.6 Å². The minimum atomic E-state index is 0.132. The summed E-state index contributed by atoms with van der Waals surface area (Å²) in [5, 5.41) is 19.5. The van der Waals surface area contributed by atoms with Crippen molar-refractivity contribution < 1.29 is 9.59 Å². The van der Waals surface area contributed by atoms with Crippen molar-refractivity contribution in [2.45, 2.75) is 153 Å². The minimum Gasteiger partial charge on any atom is -0.347 e. The molecule has 0 saturated carbocycles. The quantitative estimate of drug-likeness (QED) is 0.0888. The van der Waals surface area contributed by atoms with Crippen LogP contribution in [0.5, 0.6) is 0 Å². The smallest absolute Gasteiger partial charge is 0.242 e. The fraction of sp³-hybridized carbons (Fsp3) is 0.363. The third-order valence-electron chi connectivity index (χ3n) is 24.0. The number of rotatable bonds is 12. The fourth-order valence-corrected chi connectivity index (χ4v) is 17.8. The van der Waals surface area contributed by atoms with Crippen LogP contribution in [0.25, 0.3) is 45.4 Å². The van der Waals surface area contributed by atoms with Gasteiger partial charge in [-0.05, 0) is 225 Å². The molecule has 6 saturated heterocycles. The van der Waals surface area contributed by atoms with Crippen LogP contribution in [0.4, 0.5) is 11.6 Å². The van der Waals surface area contributed by atoms with Gasteiger partial charge < -0.3 is 31.1 Å². The Balaban J connectivity index is 0.000000111. The molecule has 6 fully saturated rings. The lowest BCUT2D eigenvalue weighted by molar-refractivity contribution is -0.129. The molecule has 0 bridgehead atoms. The molecule has 20 rings (SSSR count). The summed E-state index contributed by atoms with van der Waals surface area (Å²) in [7, 11) is 5.82. The van der Waals surface area contributed by atoms with Gasteiger partial charge in [0.05, 0.1) is 130 Å². The van der Waals surface area contributed by atoms with Gasteiger partial charge in [0, 0.05) is 102 Å². The molecule has 14 aromatic heterocycles. The number of anilines is 2. The summed E-state index contributed by atoms with van der Waals surface area (Å²) in [5.41, 5.74) is 21.7. The summed E-state index contributed by atoms with van der Waals surface area (Å²) in [6.45, 7) is 12.5. The van der Waals surface area contributed by atoms with Gasteiger partial charge in [0.1, 0.15) is 34.2 Å². The van der Waals surface area contributed by atoms with Crippen LogP contribution in [0, 0.1) is 27.7 Å². The third kappa shape index (κ3) is 16.3. The van der Waals surface area contributed by atoms with Crippen molar-refractivity contribution in [3.63, 3.8) is 0 Å². The van der Waals surface area contributed by atoms with Gasteiger partial charge in [0.2, 0.25) is 11.8 Å². The number of aryl methyl sites for hydroxylation is 5. The van der Waals surface area contributed by atoms with Crippen molar-refractivity contribution in [3.8, 4) is 22.8 Å². The largest absolute Gasteiger partial charge is 0.347 e. The molecule has 594 valence electrons. The van der Waals surface area contributed by atoms with E-state index in [2.05, 4.69) is 192 Å². The zero-order valence-electron chi connectivity index (χ0n) is 67.3. The van der Waals surface area contributed by atoms with Gasteiger partial charge in [-0.2, -0.15) is 5.10 Å². The summed E-state index contributed by atoms with van der Waals surface area (Å²) in [5.74, 6) is 2.21. The number of carbonyl (C=O) groups is 2. The van der Waals surface area contributed by atoms with Gasteiger partial charge in [-0.25, -0.2) is 19.9 Å². The Hall–Kier alpha value is -11.7. The molecule has 25 nitrogen and oxygen atoms in total. The van der Waals surface area contributed by atoms with Crippen molar-refractivity contribution in [3.05, 3.63) is 275 Å². The summed E-state index contributed by atoms with van der Waals surface area (Å²) in [6, 6.07) is 50.9. The first kappa shape index (κ1) is 76.9. The average molecular weight is 1550 g/mol. The van der Waals surface area contributed by atoms with E-state index >= 15 is 0 Å². The number of imidazole rings is 4. The first-order chi connectivity index (χ1) is 56.7. The number of likely N-dealkylation sites (N-methyl/N-ethyl adjacent to an activating group) is 2. The molecule has 6 aliphatic heterocycles. The number of nitrogens with one attached hydrogen (secondary N) is 4. The lowest BCUT2D eigenvalue weighted by Gasteiger charge is -2.33. The molecular weight excluding hydrogens is 1450 g/mol. The normalized spacial score (nSPS) is 21.5. The summed E-state index contributed by atoms with van der Waals surface area (Å²) in [6.07, 6.45) is 32.9. The third-order valence-corrected chi connectivity index (χ3v) is 24.0. The first-order valence-corrected chi connectivity index (χ1v) is 41.2. The van der Waals surface area contributed by atoms with Crippen molar-refractivity contribution >= 4 is 46.0 Å². The van der Waals surface area contributed by atoms with Gasteiger partial charge in [0.15, 0.2) is 0 Å². The number of hydrogen-bond donors (Lipinski definition) is 4. The van der Waals surface area contributed by atoms with Crippen molar-refractivity contribution in [1.29, 1.82) is 0 Å². The van der Waals surface area contributed by atoms with E-state index in [-0.39, 0.29) is 60.1 Å². The first-order valence-electron chi connectivity index (χ1n) is 41.2. The number of aromatic nitrogens is 15. The van der Waals surface area contributed by atoms with Gasteiger partial charge in [-0.15, -0.1) is 0 Å². The summed E-state index contributed by atoms with van der Waals surface area (Å²) >= 11 is 0. The number of amides is 2. The maximum Gasteiger partial charge on any atom is 0.242 e. The Labute approximate surface area is 676 Å². The Morgan fingerprint density at radius 2 is 0.802 bits per heavy atom. The molecule has 0 radical (unpaired) electrons. The molecule has 0 aliphatic carbocycles. The predicted molar refractivity (Wildman–Crippen MR) is 452 cm³/mol. The zero-order chi connectivity index (χ0) is 79.3. The van der Waals surface area contributed by atoms with Crippen LogP contribution < -0.4 is 31.1 Å². The van der Waals surface area contributed by atoms with E-state index in [1.165, 1.54) is 28.7 Å². The number of pyridine rings is 9. The SMILES string of the molecule is Cc1cccnc1[C@@H]1CCC[C@H](c2cn3c(-c4ccnn4C)cccc3n2)N1.Cc1cccnc1[C@@H]1CCC[C@H](c2cn3c(N4CCN(C)C(=O)C4)cccc3n2)N1.Cc1cccnc1[C@@H]1CCC[C@H](c2cn3c(N4CCN(C)CC4=O)cccc3n2)N1.Cc1cccnc1[C@@H]1CCC[C@H](c2nc3ccccn3c2-c2ccccn2)N1. The molecule has 116 heavy (non-hydrogen) atoms. The second-order valence-corrected chi connectivity index (χ2v) is 31.8. The molecule has 6 aliphatic rings. The molecule has 14 aromatic rings. The van der Waals surface area contributed by atoms with Crippen molar-refractivity contribution in [2.24, 2.45) is 7.05 Å². The minimum absolute atomic E-state index is 0.132. The molecule has 20 heterocycles. The van der Waals surface area contributed by atoms with Crippen molar-refractivity contribution in [1.82, 2.24) is 103 Å². The Morgan fingerprint density at radius 1 is 0.353 bits per heavy atom. The highest BCUT2D eigenvalue weighted by Crippen LogP contribution is 2.40. The Kier molecular flexibility index (Phi) is 22.8. The van der Waals surface area contributed by atoms with Gasteiger partial charge >= 0.3 is 0 Å². The van der Waals surface area contributed by atoms with E-state index in [0.717, 1.165) is 193 Å². The number of fused-ring (bicyclic) bond motifs is 4. The van der Waals surface area contributed by atoms with Gasteiger partial charge in [0.25, 0.3) is 0 Å². The molecule has 2 amide bonds. The molecule has 8 atom stereocenters. The molecule has 25 heteroatoms. The van der Waals surface area contributed by atoms with Gasteiger partial charge in [-0.1, -0.05) is 54.6 Å². The lowest BCUT2D eigenvalue weighted by Crippen LogP contribution is -2.49. The van der Waals surface area contributed by atoms with E-state index in [1.807, 2.05) is 153 Å². The molecule has 0 unspecified atom stereocenters. The second-order valence-electron chi connectivity index (χ2n) is 31.8. The topological polar surface area (TPSA) is 247 Å². The van der Waals surface area contributed by atoms with E-state index in [1.54, 1.807) is 4.90 Å². The molecular formula is C91H103N23O2. The maximum atomic E-state index is 12.6. The highest BCUT2D eigenvalue weighted by Gasteiger charge is 2.35. The lowest BCUT2D eigenvalue weighted by atomic mass is 9.92. The van der Waals surface area contributed by atoms with Crippen LogP contribution in [0.2, 0.25) is 0 Å². The Bertz CT molecular complexity index is 5790. The number of piperidine rings is 4. The second kappa shape index (κ2) is 34.4. The van der Waals surface area contributed by atoms with Crippen LogP contribution >= 0.6 is 0 Å². The Morgan fingerprint density at radius 3 is 1.29 bits per heavy atom.